The molecular weight excluding hydrogens is 150 g/mol. The van der Waals surface area contributed by atoms with E-state index in [1.54, 1.807) is 0 Å². The zero-order valence-electron chi connectivity index (χ0n) is 7.42. The monoisotopic (exact) mass is 163 g/mol. The molecule has 0 unspecified atom stereocenters. The molecule has 1 rings (SSSR count). The van der Waals surface area contributed by atoms with Gasteiger partial charge in [-0.05, 0) is 42.7 Å². The number of hydrogen-bond acceptors (Lipinski definition) is 2. The van der Waals surface area contributed by atoms with Gasteiger partial charge < -0.3 is 10.5 Å². The molecule has 0 saturated carbocycles. The highest BCUT2D eigenvalue weighted by molar-refractivity contribution is 5.60. The second-order valence-electron chi connectivity index (χ2n) is 3.00. The Morgan fingerprint density at radius 2 is 1.83 bits per heavy atom. The first-order chi connectivity index (χ1) is 5.65. The number of carbonyl (C=O) groups is 1. The van der Waals surface area contributed by atoms with E-state index in [0.29, 0.717) is 6.42 Å². The Morgan fingerprint density at radius 3 is 2.25 bits per heavy atom. The van der Waals surface area contributed by atoms with Crippen LogP contribution in [0.15, 0.2) is 12.1 Å². The second-order valence-corrected chi connectivity index (χ2v) is 3.00. The van der Waals surface area contributed by atoms with Gasteiger partial charge in [0.2, 0.25) is 0 Å². The summed E-state index contributed by atoms with van der Waals surface area (Å²) in [4.78, 5) is 10.3. The fourth-order valence-corrected chi connectivity index (χ4v) is 1.43. The molecule has 2 N–H and O–H groups in total. The molecule has 0 aliphatic rings. The van der Waals surface area contributed by atoms with E-state index < -0.39 is 0 Å². The third kappa shape index (κ3) is 1.64. The van der Waals surface area contributed by atoms with E-state index >= 15 is 0 Å². The molecule has 0 atom stereocenters. The quantitative estimate of drug-likeness (QED) is 0.532. The average Bonchev–Trinajstić information content (AvgIpc) is 1.96. The molecular formula is C10H13NO. The number of aryl methyl sites for hydroxylation is 2. The molecule has 64 valence electrons. The van der Waals surface area contributed by atoms with Crippen LogP contribution in [0.4, 0.5) is 5.69 Å². The molecule has 0 aliphatic carbocycles. The lowest BCUT2D eigenvalue weighted by molar-refractivity contribution is -0.107. The van der Waals surface area contributed by atoms with Crippen LogP contribution in [-0.2, 0) is 11.2 Å². The summed E-state index contributed by atoms with van der Waals surface area (Å²) in [6.45, 7) is 3.95. The molecule has 0 bridgehead atoms. The Morgan fingerprint density at radius 1 is 1.33 bits per heavy atom. The van der Waals surface area contributed by atoms with E-state index in [1.165, 1.54) is 0 Å². The van der Waals surface area contributed by atoms with Crippen molar-refractivity contribution in [3.8, 4) is 0 Å². The largest absolute Gasteiger partial charge is 0.399 e. The van der Waals surface area contributed by atoms with Crippen LogP contribution in [0.3, 0.4) is 0 Å². The van der Waals surface area contributed by atoms with Crippen molar-refractivity contribution in [2.75, 3.05) is 5.73 Å². The van der Waals surface area contributed by atoms with Gasteiger partial charge in [0.15, 0.2) is 0 Å². The number of nitrogens with two attached hydrogens (primary N) is 1. The summed E-state index contributed by atoms with van der Waals surface area (Å²) in [6, 6.07) is 3.79. The predicted octanol–water partition coefficient (Wildman–Crippen LogP) is 1.63. The molecule has 0 fully saturated rings. The normalized spacial score (nSPS) is 9.83. The molecule has 0 heterocycles. The van der Waals surface area contributed by atoms with Crippen molar-refractivity contribution in [1.82, 2.24) is 0 Å². The molecule has 12 heavy (non-hydrogen) atoms. The van der Waals surface area contributed by atoms with Gasteiger partial charge in [-0.25, -0.2) is 0 Å². The van der Waals surface area contributed by atoms with Crippen molar-refractivity contribution >= 4 is 12.0 Å². The average molecular weight is 163 g/mol. The van der Waals surface area contributed by atoms with Crippen LogP contribution < -0.4 is 5.73 Å². The topological polar surface area (TPSA) is 43.1 Å². The summed E-state index contributed by atoms with van der Waals surface area (Å²) in [5.74, 6) is 0. The lowest BCUT2D eigenvalue weighted by atomic mass is 10.00. The van der Waals surface area contributed by atoms with Crippen molar-refractivity contribution in [2.24, 2.45) is 0 Å². The van der Waals surface area contributed by atoms with Crippen LogP contribution in [0.5, 0.6) is 0 Å². The maximum Gasteiger partial charge on any atom is 0.124 e. The maximum atomic E-state index is 10.3. The van der Waals surface area contributed by atoms with Crippen molar-refractivity contribution in [3.63, 3.8) is 0 Å². The number of hydrogen-bond donors (Lipinski definition) is 1. The Hall–Kier alpha value is -1.31. The van der Waals surface area contributed by atoms with Gasteiger partial charge in [-0.2, -0.15) is 0 Å². The minimum atomic E-state index is 0.484. The predicted molar refractivity (Wildman–Crippen MR) is 50.1 cm³/mol. The van der Waals surface area contributed by atoms with E-state index in [2.05, 4.69) is 0 Å². The molecule has 0 aliphatic heterocycles. The maximum absolute atomic E-state index is 10.3. The molecule has 1 aromatic rings. The Kier molecular flexibility index (Phi) is 2.48. The van der Waals surface area contributed by atoms with Crippen LogP contribution in [0.1, 0.15) is 16.7 Å². The molecule has 0 saturated heterocycles. The fourth-order valence-electron chi connectivity index (χ4n) is 1.43. The van der Waals surface area contributed by atoms with Crippen LogP contribution in [-0.4, -0.2) is 6.29 Å². The number of nitrogen functional groups attached to an aromatic ring is 1. The Balaban J connectivity index is 3.18. The standard InChI is InChI=1S/C10H13NO/c1-7-5-9(11)6-8(2)10(7)3-4-12/h4-6H,3,11H2,1-2H3. The van der Waals surface area contributed by atoms with Crippen LogP contribution >= 0.6 is 0 Å². The van der Waals surface area contributed by atoms with E-state index in [0.717, 1.165) is 28.7 Å². The van der Waals surface area contributed by atoms with Crippen LogP contribution in [0, 0.1) is 13.8 Å². The van der Waals surface area contributed by atoms with Gasteiger partial charge in [0.05, 0.1) is 0 Å². The Labute approximate surface area is 72.4 Å². The van der Waals surface area contributed by atoms with Gasteiger partial charge in [0.25, 0.3) is 0 Å². The SMILES string of the molecule is Cc1cc(N)cc(C)c1CC=O. The van der Waals surface area contributed by atoms with Crippen LogP contribution in [0.2, 0.25) is 0 Å². The first-order valence-corrected chi connectivity index (χ1v) is 3.94. The lowest BCUT2D eigenvalue weighted by Gasteiger charge is -2.07. The molecule has 0 spiro atoms. The second kappa shape index (κ2) is 3.39. The zero-order chi connectivity index (χ0) is 9.14. The Bertz CT molecular complexity index is 282. The number of benzene rings is 1. The summed E-state index contributed by atoms with van der Waals surface area (Å²) >= 11 is 0. The number of rotatable bonds is 2. The summed E-state index contributed by atoms with van der Waals surface area (Å²) < 4.78 is 0. The molecule has 0 amide bonds. The van der Waals surface area contributed by atoms with E-state index in [9.17, 15) is 4.79 Å². The van der Waals surface area contributed by atoms with Gasteiger partial charge in [-0.1, -0.05) is 0 Å². The third-order valence-corrected chi connectivity index (χ3v) is 2.01. The van der Waals surface area contributed by atoms with Crippen molar-refractivity contribution in [1.29, 1.82) is 0 Å². The fraction of sp³-hybridized carbons (Fsp3) is 0.300. The molecule has 1 aromatic carbocycles. The van der Waals surface area contributed by atoms with Gasteiger partial charge >= 0.3 is 0 Å². The molecule has 0 radical (unpaired) electrons. The summed E-state index contributed by atoms with van der Waals surface area (Å²) in [7, 11) is 0. The lowest BCUT2D eigenvalue weighted by Crippen LogP contribution is -1.97. The minimum absolute atomic E-state index is 0.484. The zero-order valence-corrected chi connectivity index (χ0v) is 7.42. The number of anilines is 1. The highest BCUT2D eigenvalue weighted by Gasteiger charge is 2.02. The van der Waals surface area contributed by atoms with Gasteiger partial charge in [-0.3, -0.25) is 0 Å². The number of aldehydes is 1. The first kappa shape index (κ1) is 8.78. The molecule has 2 heteroatoms. The molecule has 0 aromatic heterocycles. The summed E-state index contributed by atoms with van der Waals surface area (Å²) in [6.07, 6.45) is 1.41. The third-order valence-electron chi connectivity index (χ3n) is 2.01. The van der Waals surface area contributed by atoms with Gasteiger partial charge in [0, 0.05) is 12.1 Å². The molecule has 2 nitrogen and oxygen atoms in total. The summed E-state index contributed by atoms with van der Waals surface area (Å²) in [5.41, 5.74) is 9.69. The van der Waals surface area contributed by atoms with E-state index in [4.69, 9.17) is 5.73 Å². The van der Waals surface area contributed by atoms with Crippen molar-refractivity contribution in [2.45, 2.75) is 20.3 Å². The van der Waals surface area contributed by atoms with Gasteiger partial charge in [0.1, 0.15) is 6.29 Å². The van der Waals surface area contributed by atoms with Gasteiger partial charge in [-0.15, -0.1) is 0 Å². The van der Waals surface area contributed by atoms with Crippen molar-refractivity contribution < 1.29 is 4.79 Å². The highest BCUT2D eigenvalue weighted by Crippen LogP contribution is 2.17. The summed E-state index contributed by atoms with van der Waals surface area (Å²) in [5, 5.41) is 0. The first-order valence-electron chi connectivity index (χ1n) is 3.94. The minimum Gasteiger partial charge on any atom is -0.399 e. The number of carbonyl (C=O) groups excluding carboxylic acids is 1. The highest BCUT2D eigenvalue weighted by atomic mass is 16.1. The van der Waals surface area contributed by atoms with Crippen LogP contribution in [0.25, 0.3) is 0 Å². The van der Waals surface area contributed by atoms with Crippen molar-refractivity contribution in [3.05, 3.63) is 28.8 Å². The van der Waals surface area contributed by atoms with E-state index in [1.807, 2.05) is 26.0 Å². The smallest absolute Gasteiger partial charge is 0.124 e. The van der Waals surface area contributed by atoms with E-state index in [-0.39, 0.29) is 0 Å².